The summed E-state index contributed by atoms with van der Waals surface area (Å²) in [6.45, 7) is 5.31. The molecular formula is C11H18ClN. The minimum Gasteiger partial charge on any atom is -0.316 e. The second-order valence-corrected chi connectivity index (χ2v) is 3.16. The van der Waals surface area contributed by atoms with E-state index < -0.39 is 0 Å². The van der Waals surface area contributed by atoms with Crippen molar-refractivity contribution in [2.45, 2.75) is 26.8 Å². The quantitative estimate of drug-likeness (QED) is 0.790. The zero-order valence-corrected chi connectivity index (χ0v) is 9.37. The van der Waals surface area contributed by atoms with Crippen molar-refractivity contribution in [1.29, 1.82) is 0 Å². The molecular weight excluding hydrogens is 182 g/mol. The van der Waals surface area contributed by atoms with Gasteiger partial charge in [0.1, 0.15) is 0 Å². The molecule has 1 aromatic carbocycles. The maximum Gasteiger partial charge on any atom is 0.0205 e. The van der Waals surface area contributed by atoms with Crippen molar-refractivity contribution in [3.8, 4) is 0 Å². The molecule has 0 unspecified atom stereocenters. The van der Waals surface area contributed by atoms with Gasteiger partial charge in [-0.3, -0.25) is 0 Å². The normalized spacial score (nSPS) is 9.46. The van der Waals surface area contributed by atoms with E-state index in [1.807, 2.05) is 7.05 Å². The van der Waals surface area contributed by atoms with Crippen molar-refractivity contribution >= 4 is 12.4 Å². The Kier molecular flexibility index (Phi) is 5.76. The highest BCUT2D eigenvalue weighted by atomic mass is 35.5. The summed E-state index contributed by atoms with van der Waals surface area (Å²) in [5, 5.41) is 3.19. The van der Waals surface area contributed by atoms with Crippen LogP contribution in [0.5, 0.6) is 0 Å². The van der Waals surface area contributed by atoms with Crippen LogP contribution in [0.1, 0.15) is 23.6 Å². The van der Waals surface area contributed by atoms with Crippen LogP contribution in [0.4, 0.5) is 0 Å². The molecule has 2 heteroatoms. The molecule has 0 saturated carbocycles. The second kappa shape index (κ2) is 6.01. The lowest BCUT2D eigenvalue weighted by Crippen LogP contribution is -2.07. The summed E-state index contributed by atoms with van der Waals surface area (Å²) in [6.07, 6.45) is 1.12. The Morgan fingerprint density at radius 1 is 1.23 bits per heavy atom. The third-order valence-electron chi connectivity index (χ3n) is 2.11. The van der Waals surface area contributed by atoms with Gasteiger partial charge in [-0.25, -0.2) is 0 Å². The van der Waals surface area contributed by atoms with Gasteiger partial charge in [0.05, 0.1) is 0 Å². The third-order valence-corrected chi connectivity index (χ3v) is 2.11. The minimum absolute atomic E-state index is 0. The minimum atomic E-state index is 0. The van der Waals surface area contributed by atoms with E-state index in [0.29, 0.717) is 0 Å². The summed E-state index contributed by atoms with van der Waals surface area (Å²) in [4.78, 5) is 0. The second-order valence-electron chi connectivity index (χ2n) is 3.16. The lowest BCUT2D eigenvalue weighted by molar-refractivity contribution is 0.804. The standard InChI is InChI=1S/C11H17N.ClH/c1-4-10-6-5-9(2)7-11(10)8-12-3;/h5-7,12H,4,8H2,1-3H3;1H. The summed E-state index contributed by atoms with van der Waals surface area (Å²) in [6, 6.07) is 6.66. The molecule has 1 N–H and O–H groups in total. The van der Waals surface area contributed by atoms with E-state index in [-0.39, 0.29) is 12.4 Å². The molecule has 74 valence electrons. The van der Waals surface area contributed by atoms with Crippen LogP contribution in [0.25, 0.3) is 0 Å². The van der Waals surface area contributed by atoms with Gasteiger partial charge in [-0.15, -0.1) is 12.4 Å². The largest absolute Gasteiger partial charge is 0.316 e. The average molecular weight is 200 g/mol. The van der Waals surface area contributed by atoms with Gasteiger partial charge < -0.3 is 5.32 Å². The molecule has 0 amide bonds. The topological polar surface area (TPSA) is 12.0 Å². The lowest BCUT2D eigenvalue weighted by atomic mass is 10.0. The molecule has 1 nitrogen and oxygen atoms in total. The summed E-state index contributed by atoms with van der Waals surface area (Å²) in [5.74, 6) is 0. The van der Waals surface area contributed by atoms with Gasteiger partial charge in [0.15, 0.2) is 0 Å². The number of hydrogen-bond acceptors (Lipinski definition) is 1. The molecule has 0 bridgehead atoms. The van der Waals surface area contributed by atoms with Crippen LogP contribution < -0.4 is 5.32 Å². The number of aryl methyl sites for hydroxylation is 2. The molecule has 0 saturated heterocycles. The Morgan fingerprint density at radius 3 is 2.46 bits per heavy atom. The Balaban J connectivity index is 0.00000144. The van der Waals surface area contributed by atoms with Gasteiger partial charge in [-0.1, -0.05) is 30.7 Å². The van der Waals surface area contributed by atoms with Gasteiger partial charge in [0.2, 0.25) is 0 Å². The van der Waals surface area contributed by atoms with E-state index in [1.54, 1.807) is 0 Å². The van der Waals surface area contributed by atoms with E-state index in [4.69, 9.17) is 0 Å². The van der Waals surface area contributed by atoms with Crippen LogP contribution in [0.3, 0.4) is 0 Å². The fraction of sp³-hybridized carbons (Fsp3) is 0.455. The lowest BCUT2D eigenvalue weighted by Gasteiger charge is -2.07. The summed E-state index contributed by atoms with van der Waals surface area (Å²) in [5.41, 5.74) is 4.23. The van der Waals surface area contributed by atoms with Crippen molar-refractivity contribution in [2.24, 2.45) is 0 Å². The molecule has 13 heavy (non-hydrogen) atoms. The van der Waals surface area contributed by atoms with Gasteiger partial charge in [0.25, 0.3) is 0 Å². The summed E-state index contributed by atoms with van der Waals surface area (Å²) < 4.78 is 0. The molecule has 0 aromatic heterocycles. The Bertz CT molecular complexity index is 258. The Morgan fingerprint density at radius 2 is 1.92 bits per heavy atom. The number of halogens is 1. The van der Waals surface area contributed by atoms with Crippen molar-refractivity contribution < 1.29 is 0 Å². The van der Waals surface area contributed by atoms with E-state index in [2.05, 4.69) is 37.4 Å². The molecule has 0 aliphatic rings. The monoisotopic (exact) mass is 199 g/mol. The van der Waals surface area contributed by atoms with Crippen molar-refractivity contribution in [3.63, 3.8) is 0 Å². The van der Waals surface area contributed by atoms with Crippen molar-refractivity contribution in [3.05, 3.63) is 34.9 Å². The Labute approximate surface area is 87.0 Å². The van der Waals surface area contributed by atoms with Crippen LogP contribution in [-0.2, 0) is 13.0 Å². The summed E-state index contributed by atoms with van der Waals surface area (Å²) in [7, 11) is 1.99. The van der Waals surface area contributed by atoms with Gasteiger partial charge >= 0.3 is 0 Å². The highest BCUT2D eigenvalue weighted by molar-refractivity contribution is 5.85. The molecule has 0 fully saturated rings. The first-order valence-corrected chi connectivity index (χ1v) is 4.51. The number of nitrogens with one attached hydrogen (secondary N) is 1. The van der Waals surface area contributed by atoms with E-state index >= 15 is 0 Å². The first-order chi connectivity index (χ1) is 5.77. The maximum atomic E-state index is 3.19. The highest BCUT2D eigenvalue weighted by Crippen LogP contribution is 2.11. The fourth-order valence-electron chi connectivity index (χ4n) is 1.45. The van der Waals surface area contributed by atoms with Gasteiger partial charge in [-0.05, 0) is 31.5 Å². The van der Waals surface area contributed by atoms with Crippen LogP contribution in [-0.4, -0.2) is 7.05 Å². The van der Waals surface area contributed by atoms with E-state index in [0.717, 1.165) is 13.0 Å². The van der Waals surface area contributed by atoms with Crippen molar-refractivity contribution in [1.82, 2.24) is 5.32 Å². The predicted molar refractivity (Wildman–Crippen MR) is 60.6 cm³/mol. The average Bonchev–Trinajstić information content (AvgIpc) is 2.05. The first kappa shape index (κ1) is 12.5. The molecule has 0 aliphatic carbocycles. The molecule has 1 rings (SSSR count). The highest BCUT2D eigenvalue weighted by Gasteiger charge is 1.98. The first-order valence-electron chi connectivity index (χ1n) is 4.51. The number of benzene rings is 1. The molecule has 0 radical (unpaired) electrons. The number of rotatable bonds is 3. The zero-order valence-electron chi connectivity index (χ0n) is 8.55. The predicted octanol–water partition coefficient (Wildman–Crippen LogP) is 2.70. The maximum absolute atomic E-state index is 3.19. The summed E-state index contributed by atoms with van der Waals surface area (Å²) >= 11 is 0. The molecule has 0 atom stereocenters. The van der Waals surface area contributed by atoms with Crippen LogP contribution in [0.2, 0.25) is 0 Å². The SMILES string of the molecule is CCc1ccc(C)cc1CNC.Cl. The Hall–Kier alpha value is -0.530. The van der Waals surface area contributed by atoms with E-state index in [9.17, 15) is 0 Å². The van der Waals surface area contributed by atoms with Crippen LogP contribution in [0.15, 0.2) is 18.2 Å². The fourth-order valence-corrected chi connectivity index (χ4v) is 1.45. The smallest absolute Gasteiger partial charge is 0.0205 e. The van der Waals surface area contributed by atoms with Gasteiger partial charge in [0, 0.05) is 6.54 Å². The van der Waals surface area contributed by atoms with Crippen LogP contribution in [0, 0.1) is 6.92 Å². The van der Waals surface area contributed by atoms with Crippen LogP contribution >= 0.6 is 12.4 Å². The molecule has 0 spiro atoms. The van der Waals surface area contributed by atoms with Crippen molar-refractivity contribution in [2.75, 3.05) is 7.05 Å². The molecule has 1 aromatic rings. The van der Waals surface area contributed by atoms with E-state index in [1.165, 1.54) is 16.7 Å². The zero-order chi connectivity index (χ0) is 8.97. The molecule has 0 heterocycles. The third kappa shape index (κ3) is 3.37. The number of hydrogen-bond donors (Lipinski definition) is 1. The molecule has 0 aliphatic heterocycles. The van der Waals surface area contributed by atoms with Gasteiger partial charge in [-0.2, -0.15) is 0 Å².